The summed E-state index contributed by atoms with van der Waals surface area (Å²) in [5, 5.41) is 2.90. The fourth-order valence-electron chi connectivity index (χ4n) is 2.62. The first-order valence-corrected chi connectivity index (χ1v) is 10.0. The maximum atomic E-state index is 12.9. The third-order valence-electron chi connectivity index (χ3n) is 4.22. The Labute approximate surface area is 154 Å². The van der Waals surface area contributed by atoms with Crippen LogP contribution in [0.25, 0.3) is 0 Å². The molecule has 2 atom stereocenters. The van der Waals surface area contributed by atoms with Crippen LogP contribution in [0.5, 0.6) is 5.75 Å². The van der Waals surface area contributed by atoms with Crippen molar-refractivity contribution in [2.45, 2.75) is 19.0 Å². The van der Waals surface area contributed by atoms with Crippen molar-refractivity contribution < 1.29 is 17.9 Å². The summed E-state index contributed by atoms with van der Waals surface area (Å²) >= 11 is 0. The molecule has 2 rings (SSSR count). The second kappa shape index (κ2) is 8.33. The van der Waals surface area contributed by atoms with Crippen LogP contribution < -0.4 is 10.1 Å². The van der Waals surface area contributed by atoms with E-state index in [-0.39, 0.29) is 11.9 Å². The van der Waals surface area contributed by atoms with Gasteiger partial charge in [0.25, 0.3) is 0 Å². The number of carbonyl (C=O) groups excluding carboxylic acids is 1. The fraction of sp³-hybridized carbons (Fsp3) is 0.316. The lowest BCUT2D eigenvalue weighted by molar-refractivity contribution is -0.125. The van der Waals surface area contributed by atoms with E-state index in [9.17, 15) is 13.2 Å². The molecule has 1 amide bonds. The second-order valence-corrected chi connectivity index (χ2v) is 8.14. The first-order chi connectivity index (χ1) is 12.2. The predicted octanol–water partition coefficient (Wildman–Crippen LogP) is 2.51. The van der Waals surface area contributed by atoms with E-state index in [0.29, 0.717) is 5.56 Å². The van der Waals surface area contributed by atoms with Gasteiger partial charge in [-0.2, -0.15) is 4.31 Å². The topological polar surface area (TPSA) is 75.7 Å². The molecular formula is C19H24N2O4S. The average Bonchev–Trinajstić information content (AvgIpc) is 2.62. The molecule has 0 bridgehead atoms. The zero-order chi connectivity index (χ0) is 19.3. The normalized spacial score (nSPS) is 13.9. The number of rotatable bonds is 7. The number of nitrogens with one attached hydrogen (secondary N) is 1. The van der Waals surface area contributed by atoms with Gasteiger partial charge in [-0.05, 0) is 30.2 Å². The Bertz CT molecular complexity index is 836. The lowest BCUT2D eigenvalue weighted by atomic mass is 10.0. The number of sulfonamides is 1. The van der Waals surface area contributed by atoms with Gasteiger partial charge in [0, 0.05) is 7.05 Å². The molecule has 0 unspecified atom stereocenters. The van der Waals surface area contributed by atoms with E-state index in [0.717, 1.165) is 21.9 Å². The summed E-state index contributed by atoms with van der Waals surface area (Å²) < 4.78 is 30.2. The van der Waals surface area contributed by atoms with E-state index in [1.165, 1.54) is 7.05 Å². The van der Waals surface area contributed by atoms with E-state index in [2.05, 4.69) is 5.32 Å². The number of hydrogen-bond donors (Lipinski definition) is 1. The van der Waals surface area contributed by atoms with Crippen LogP contribution in [0.3, 0.4) is 0 Å². The molecule has 26 heavy (non-hydrogen) atoms. The van der Waals surface area contributed by atoms with Crippen LogP contribution >= 0.6 is 0 Å². The van der Waals surface area contributed by atoms with Gasteiger partial charge in [-0.25, -0.2) is 8.42 Å². The minimum atomic E-state index is -3.55. The molecule has 7 heteroatoms. The Balaban J connectivity index is 2.25. The standard InChI is InChI=1S/C19H24N2O4S/c1-14(15-10-12-17(25-3)13-11-15)20-19(22)18(21(2)26(4,23)24)16-8-6-5-7-9-16/h5-14,18H,1-4H3,(H,20,22)/t14-,18+/m1/s1. The molecule has 2 aromatic carbocycles. The van der Waals surface area contributed by atoms with Crippen molar-refractivity contribution in [2.24, 2.45) is 0 Å². The molecule has 0 spiro atoms. The summed E-state index contributed by atoms with van der Waals surface area (Å²) in [6, 6.07) is 15.0. The van der Waals surface area contributed by atoms with Gasteiger partial charge in [-0.3, -0.25) is 4.79 Å². The number of hydrogen-bond acceptors (Lipinski definition) is 4. The predicted molar refractivity (Wildman–Crippen MR) is 101 cm³/mol. The highest BCUT2D eigenvalue weighted by molar-refractivity contribution is 7.88. The van der Waals surface area contributed by atoms with Gasteiger partial charge in [0.1, 0.15) is 11.8 Å². The SMILES string of the molecule is COc1ccc([C@@H](C)NC(=O)[C@H](c2ccccc2)N(C)S(C)(=O)=O)cc1. The highest BCUT2D eigenvalue weighted by Gasteiger charge is 2.31. The maximum absolute atomic E-state index is 12.9. The Morgan fingerprint density at radius 1 is 1.04 bits per heavy atom. The van der Waals surface area contributed by atoms with Crippen LogP contribution in [0.4, 0.5) is 0 Å². The van der Waals surface area contributed by atoms with Crippen LogP contribution in [0.1, 0.15) is 30.1 Å². The van der Waals surface area contributed by atoms with Crippen LogP contribution in [-0.2, 0) is 14.8 Å². The molecule has 1 N–H and O–H groups in total. The highest BCUT2D eigenvalue weighted by Crippen LogP contribution is 2.24. The van der Waals surface area contributed by atoms with Gasteiger partial charge in [0.2, 0.25) is 15.9 Å². The van der Waals surface area contributed by atoms with E-state index in [4.69, 9.17) is 4.74 Å². The minimum Gasteiger partial charge on any atom is -0.497 e. The van der Waals surface area contributed by atoms with Crippen LogP contribution in [0.15, 0.2) is 54.6 Å². The van der Waals surface area contributed by atoms with Gasteiger partial charge in [0.15, 0.2) is 0 Å². The summed E-state index contributed by atoms with van der Waals surface area (Å²) in [7, 11) is -0.552. The van der Waals surface area contributed by atoms with Crippen molar-refractivity contribution in [3.05, 3.63) is 65.7 Å². The monoisotopic (exact) mass is 376 g/mol. The summed E-state index contributed by atoms with van der Waals surface area (Å²) in [5.41, 5.74) is 1.51. The molecule has 0 fully saturated rings. The van der Waals surface area contributed by atoms with Crippen LogP contribution in [-0.4, -0.2) is 39.0 Å². The molecule has 0 saturated carbocycles. The minimum absolute atomic E-state index is 0.285. The van der Waals surface area contributed by atoms with Crippen molar-refractivity contribution in [2.75, 3.05) is 20.4 Å². The van der Waals surface area contributed by atoms with Crippen molar-refractivity contribution in [3.63, 3.8) is 0 Å². The first kappa shape index (κ1) is 19.9. The van der Waals surface area contributed by atoms with Gasteiger partial charge < -0.3 is 10.1 Å². The number of carbonyl (C=O) groups is 1. The largest absolute Gasteiger partial charge is 0.497 e. The van der Waals surface area contributed by atoms with Crippen molar-refractivity contribution in [1.29, 1.82) is 0 Å². The number of nitrogens with zero attached hydrogens (tertiary/aromatic N) is 1. The van der Waals surface area contributed by atoms with E-state index >= 15 is 0 Å². The Morgan fingerprint density at radius 3 is 2.12 bits per heavy atom. The molecule has 0 radical (unpaired) electrons. The van der Waals surface area contributed by atoms with E-state index < -0.39 is 16.1 Å². The van der Waals surface area contributed by atoms with Crippen molar-refractivity contribution in [1.82, 2.24) is 9.62 Å². The molecule has 0 heterocycles. The Hall–Kier alpha value is -2.38. The van der Waals surface area contributed by atoms with E-state index in [1.807, 2.05) is 37.3 Å². The fourth-order valence-corrected chi connectivity index (χ4v) is 3.22. The molecule has 6 nitrogen and oxygen atoms in total. The van der Waals surface area contributed by atoms with Gasteiger partial charge in [-0.15, -0.1) is 0 Å². The maximum Gasteiger partial charge on any atom is 0.243 e. The smallest absolute Gasteiger partial charge is 0.243 e. The summed E-state index contributed by atoms with van der Waals surface area (Å²) in [5.74, 6) is 0.346. The highest BCUT2D eigenvalue weighted by atomic mass is 32.2. The zero-order valence-electron chi connectivity index (χ0n) is 15.3. The number of ether oxygens (including phenoxy) is 1. The van der Waals surface area contributed by atoms with Gasteiger partial charge in [-0.1, -0.05) is 42.5 Å². The lowest BCUT2D eigenvalue weighted by Gasteiger charge is -2.27. The van der Waals surface area contributed by atoms with E-state index in [1.54, 1.807) is 31.4 Å². The van der Waals surface area contributed by atoms with Crippen molar-refractivity contribution in [3.8, 4) is 5.75 Å². The summed E-state index contributed by atoms with van der Waals surface area (Å²) in [6.45, 7) is 1.85. The van der Waals surface area contributed by atoms with Gasteiger partial charge in [0.05, 0.1) is 19.4 Å². The number of methoxy groups -OCH3 is 1. The second-order valence-electron chi connectivity index (χ2n) is 6.10. The van der Waals surface area contributed by atoms with Crippen LogP contribution in [0.2, 0.25) is 0 Å². The molecule has 0 aliphatic heterocycles. The molecule has 0 aliphatic carbocycles. The number of amides is 1. The summed E-state index contributed by atoms with van der Waals surface area (Å²) in [4.78, 5) is 12.9. The molecule has 2 aromatic rings. The molecule has 140 valence electrons. The third kappa shape index (κ3) is 4.83. The Morgan fingerprint density at radius 2 is 1.62 bits per heavy atom. The third-order valence-corrected chi connectivity index (χ3v) is 5.48. The summed E-state index contributed by atoms with van der Waals surface area (Å²) in [6.07, 6.45) is 1.09. The molecular weight excluding hydrogens is 352 g/mol. The quantitative estimate of drug-likeness (QED) is 0.806. The van der Waals surface area contributed by atoms with Crippen molar-refractivity contribution >= 4 is 15.9 Å². The first-order valence-electron chi connectivity index (χ1n) is 8.16. The molecule has 0 aromatic heterocycles. The molecule has 0 saturated heterocycles. The Kier molecular flexibility index (Phi) is 6.39. The van der Waals surface area contributed by atoms with Gasteiger partial charge >= 0.3 is 0 Å². The van der Waals surface area contributed by atoms with Crippen LogP contribution in [0, 0.1) is 0 Å². The zero-order valence-corrected chi connectivity index (χ0v) is 16.2. The number of likely N-dealkylation sites (N-methyl/N-ethyl adjacent to an activating group) is 1. The molecule has 0 aliphatic rings. The number of benzene rings is 2. The average molecular weight is 376 g/mol. The lowest BCUT2D eigenvalue weighted by Crippen LogP contribution is -2.42.